The van der Waals surface area contributed by atoms with Gasteiger partial charge in [-0.1, -0.05) is 42.0 Å². The van der Waals surface area contributed by atoms with Crippen LogP contribution in [0.1, 0.15) is 30.0 Å². The fourth-order valence-electron chi connectivity index (χ4n) is 2.96. The van der Waals surface area contributed by atoms with Gasteiger partial charge in [0.15, 0.2) is 11.5 Å². The summed E-state index contributed by atoms with van der Waals surface area (Å²) in [4.78, 5) is 23.9. The lowest BCUT2D eigenvalue weighted by Gasteiger charge is -2.12. The summed E-state index contributed by atoms with van der Waals surface area (Å²) in [6.45, 7) is 4.76. The third-order valence-electron chi connectivity index (χ3n) is 4.65. The van der Waals surface area contributed by atoms with Crippen LogP contribution >= 0.6 is 0 Å². The van der Waals surface area contributed by atoms with E-state index in [1.165, 1.54) is 30.0 Å². The van der Waals surface area contributed by atoms with E-state index in [0.717, 1.165) is 5.56 Å². The molecule has 34 heavy (non-hydrogen) atoms. The number of benzene rings is 3. The van der Waals surface area contributed by atoms with Crippen LogP contribution in [0.3, 0.4) is 0 Å². The number of carbonyl (C=O) groups is 2. The molecule has 3 rings (SSSR count). The molecule has 0 radical (unpaired) electrons. The lowest BCUT2D eigenvalue weighted by atomic mass is 10.2. The molecular weight excluding hydrogens is 437 g/mol. The summed E-state index contributed by atoms with van der Waals surface area (Å²) in [5.74, 6) is -0.715. The van der Waals surface area contributed by atoms with Crippen LogP contribution in [0.5, 0.6) is 11.5 Å². The van der Waals surface area contributed by atoms with E-state index < -0.39 is 24.1 Å². The topological polar surface area (TPSA) is 89.0 Å². The Morgan fingerprint density at radius 3 is 2.47 bits per heavy atom. The molecule has 0 atom stereocenters. The van der Waals surface area contributed by atoms with Crippen molar-refractivity contribution in [2.45, 2.75) is 26.9 Å². The van der Waals surface area contributed by atoms with Crippen molar-refractivity contribution in [2.75, 3.05) is 11.9 Å². The molecule has 0 fully saturated rings. The summed E-state index contributed by atoms with van der Waals surface area (Å²) < 4.78 is 25.2. The maximum absolute atomic E-state index is 13.6. The number of hydrogen-bond acceptors (Lipinski definition) is 5. The normalized spacial score (nSPS) is 10.7. The molecule has 0 aliphatic carbocycles. The van der Waals surface area contributed by atoms with Crippen molar-refractivity contribution < 1.29 is 23.5 Å². The minimum Gasteiger partial charge on any atom is -0.490 e. The van der Waals surface area contributed by atoms with Gasteiger partial charge in [0.05, 0.1) is 18.5 Å². The Morgan fingerprint density at radius 2 is 1.74 bits per heavy atom. The second-order valence-corrected chi connectivity index (χ2v) is 7.41. The average Bonchev–Trinajstić information content (AvgIpc) is 2.81. The number of anilines is 1. The number of para-hydroxylation sites is 1. The fraction of sp³-hybridized carbons (Fsp3) is 0.192. The summed E-state index contributed by atoms with van der Waals surface area (Å²) in [6.07, 6.45) is 0.931. The summed E-state index contributed by atoms with van der Waals surface area (Å²) in [6, 6.07) is 19.1. The van der Waals surface area contributed by atoms with Gasteiger partial charge in [0.1, 0.15) is 18.8 Å². The van der Waals surface area contributed by atoms with Crippen molar-refractivity contribution in [3.63, 3.8) is 0 Å². The van der Waals surface area contributed by atoms with Gasteiger partial charge in [-0.05, 0) is 55.3 Å². The summed E-state index contributed by atoms with van der Waals surface area (Å²) in [5.41, 5.74) is 5.19. The second kappa shape index (κ2) is 12.2. The highest BCUT2D eigenvalue weighted by atomic mass is 19.1. The Morgan fingerprint density at radius 1 is 0.971 bits per heavy atom. The predicted molar refractivity (Wildman–Crippen MR) is 129 cm³/mol. The Bertz CT molecular complexity index is 1160. The first kappa shape index (κ1) is 24.4. The number of nitrogens with one attached hydrogen (secondary N) is 2. The number of rotatable bonds is 10. The molecule has 0 heterocycles. The molecule has 0 unspecified atom stereocenters. The van der Waals surface area contributed by atoms with E-state index >= 15 is 0 Å². The van der Waals surface area contributed by atoms with E-state index in [2.05, 4.69) is 15.8 Å². The number of hydrogen-bond donors (Lipinski definition) is 2. The average molecular weight is 464 g/mol. The quantitative estimate of drug-likeness (QED) is 0.261. The lowest BCUT2D eigenvalue weighted by molar-refractivity contribution is -0.126. The Hall–Kier alpha value is -4.20. The van der Waals surface area contributed by atoms with Crippen molar-refractivity contribution in [3.05, 3.63) is 89.2 Å². The number of hydrazone groups is 1. The zero-order chi connectivity index (χ0) is 24.3. The van der Waals surface area contributed by atoms with Crippen molar-refractivity contribution >= 4 is 23.7 Å². The van der Waals surface area contributed by atoms with Crippen LogP contribution in [0.4, 0.5) is 10.1 Å². The zero-order valence-corrected chi connectivity index (χ0v) is 19.0. The summed E-state index contributed by atoms with van der Waals surface area (Å²) in [7, 11) is 0. The molecule has 0 saturated carbocycles. The maximum Gasteiger partial charge on any atom is 0.249 e. The molecule has 7 nitrogen and oxygen atoms in total. The predicted octanol–water partition coefficient (Wildman–Crippen LogP) is 4.59. The first-order valence-corrected chi connectivity index (χ1v) is 10.8. The number of amides is 2. The standard InChI is InChI=1S/C26H26FN3O4/c1-3-33-24-14-20(12-13-23(24)34-17-19-10-8-18(2)9-11-19)16-28-30-26(32)15-25(31)29-22-7-5-4-6-21(22)27/h4-14,16H,3,15,17H2,1-2H3,(H,29,31)(H,30,32). The van der Waals surface area contributed by atoms with Crippen LogP contribution in [-0.2, 0) is 16.2 Å². The first-order chi connectivity index (χ1) is 16.4. The van der Waals surface area contributed by atoms with Crippen LogP contribution in [0.2, 0.25) is 0 Å². The van der Waals surface area contributed by atoms with Crippen molar-refractivity contribution in [1.29, 1.82) is 0 Å². The first-order valence-electron chi connectivity index (χ1n) is 10.8. The van der Waals surface area contributed by atoms with Crippen LogP contribution in [0.15, 0.2) is 71.8 Å². The third kappa shape index (κ3) is 7.44. The molecule has 0 aromatic heterocycles. The van der Waals surface area contributed by atoms with Gasteiger partial charge in [0.2, 0.25) is 11.8 Å². The summed E-state index contributed by atoms with van der Waals surface area (Å²) in [5, 5.41) is 6.22. The van der Waals surface area contributed by atoms with Gasteiger partial charge in [-0.25, -0.2) is 9.82 Å². The van der Waals surface area contributed by atoms with E-state index in [9.17, 15) is 14.0 Å². The molecule has 0 spiro atoms. The van der Waals surface area contributed by atoms with Gasteiger partial charge >= 0.3 is 0 Å². The fourth-order valence-corrected chi connectivity index (χ4v) is 2.96. The van der Waals surface area contributed by atoms with Crippen LogP contribution < -0.4 is 20.2 Å². The monoisotopic (exact) mass is 463 g/mol. The van der Waals surface area contributed by atoms with Crippen LogP contribution in [0, 0.1) is 12.7 Å². The SMILES string of the molecule is CCOc1cc(C=NNC(=O)CC(=O)Nc2ccccc2F)ccc1OCc1ccc(C)cc1. The van der Waals surface area contributed by atoms with Crippen molar-refractivity contribution in [1.82, 2.24) is 5.43 Å². The van der Waals surface area contributed by atoms with Crippen molar-refractivity contribution in [3.8, 4) is 11.5 Å². The summed E-state index contributed by atoms with van der Waals surface area (Å²) >= 11 is 0. The molecule has 2 N–H and O–H groups in total. The highest BCUT2D eigenvalue weighted by Crippen LogP contribution is 2.29. The number of halogens is 1. The highest BCUT2D eigenvalue weighted by molar-refractivity contribution is 6.03. The van der Waals surface area contributed by atoms with E-state index in [4.69, 9.17) is 9.47 Å². The molecule has 0 saturated heterocycles. The third-order valence-corrected chi connectivity index (χ3v) is 4.65. The van der Waals surface area contributed by atoms with Gasteiger partial charge in [0.25, 0.3) is 0 Å². The van der Waals surface area contributed by atoms with Gasteiger partial charge in [-0.15, -0.1) is 0 Å². The largest absolute Gasteiger partial charge is 0.490 e. The zero-order valence-electron chi connectivity index (χ0n) is 19.0. The maximum atomic E-state index is 13.6. The molecule has 0 aliphatic heterocycles. The van der Waals surface area contributed by atoms with E-state index in [0.29, 0.717) is 30.3 Å². The molecule has 0 bridgehead atoms. The second-order valence-electron chi connectivity index (χ2n) is 7.41. The number of carbonyl (C=O) groups excluding carboxylic acids is 2. The van der Waals surface area contributed by atoms with E-state index in [1.807, 2.05) is 38.1 Å². The molecule has 0 aliphatic rings. The molecule has 3 aromatic rings. The number of nitrogens with zero attached hydrogens (tertiary/aromatic N) is 1. The lowest BCUT2D eigenvalue weighted by Crippen LogP contribution is -2.24. The van der Waals surface area contributed by atoms with Gasteiger partial charge in [0, 0.05) is 0 Å². The smallest absolute Gasteiger partial charge is 0.249 e. The minimum absolute atomic E-state index is 0.0111. The van der Waals surface area contributed by atoms with Gasteiger partial charge in [-0.2, -0.15) is 5.10 Å². The molecule has 3 aromatic carbocycles. The Balaban J connectivity index is 1.54. The van der Waals surface area contributed by atoms with Gasteiger partial charge < -0.3 is 14.8 Å². The number of aryl methyl sites for hydroxylation is 1. The Kier molecular flexibility index (Phi) is 8.73. The Labute approximate surface area is 197 Å². The van der Waals surface area contributed by atoms with E-state index in [-0.39, 0.29) is 5.69 Å². The highest BCUT2D eigenvalue weighted by Gasteiger charge is 2.11. The van der Waals surface area contributed by atoms with Crippen LogP contribution in [-0.4, -0.2) is 24.6 Å². The molecule has 8 heteroatoms. The minimum atomic E-state index is -0.647. The number of ether oxygens (including phenoxy) is 2. The van der Waals surface area contributed by atoms with E-state index in [1.54, 1.807) is 24.3 Å². The van der Waals surface area contributed by atoms with Crippen molar-refractivity contribution in [2.24, 2.45) is 5.10 Å². The van der Waals surface area contributed by atoms with Crippen LogP contribution in [0.25, 0.3) is 0 Å². The van der Waals surface area contributed by atoms with Gasteiger partial charge in [-0.3, -0.25) is 9.59 Å². The molecular formula is C26H26FN3O4. The molecule has 176 valence electrons. The molecule has 2 amide bonds.